The summed E-state index contributed by atoms with van der Waals surface area (Å²) in [7, 11) is 1.67. The Morgan fingerprint density at radius 1 is 1.47 bits per heavy atom. The zero-order valence-electron chi connectivity index (χ0n) is 10.1. The molecule has 0 saturated carbocycles. The Morgan fingerprint density at radius 2 is 2.12 bits per heavy atom. The molecule has 1 amide bonds. The van der Waals surface area contributed by atoms with Crippen molar-refractivity contribution in [2.75, 3.05) is 46.3 Å². The summed E-state index contributed by atoms with van der Waals surface area (Å²) in [6.45, 7) is 4.45. The van der Waals surface area contributed by atoms with Crippen molar-refractivity contribution in [2.45, 2.75) is 0 Å². The fourth-order valence-electron chi connectivity index (χ4n) is 1.81. The SMILES string of the molecule is CN/C=C(/C#N)C(=O)N1CCN(CCN)CC1. The molecule has 94 valence electrons. The minimum atomic E-state index is -0.200. The van der Waals surface area contributed by atoms with E-state index in [1.165, 1.54) is 6.20 Å². The number of piperazine rings is 1. The predicted molar refractivity (Wildman–Crippen MR) is 64.8 cm³/mol. The van der Waals surface area contributed by atoms with E-state index in [0.717, 1.165) is 19.6 Å². The van der Waals surface area contributed by atoms with E-state index in [0.29, 0.717) is 19.6 Å². The lowest BCUT2D eigenvalue weighted by Crippen LogP contribution is -2.50. The number of nitriles is 1. The van der Waals surface area contributed by atoms with Crippen LogP contribution in [0.3, 0.4) is 0 Å². The normalized spacial score (nSPS) is 17.7. The molecule has 6 heteroatoms. The third-order valence-corrected chi connectivity index (χ3v) is 2.74. The van der Waals surface area contributed by atoms with E-state index in [-0.39, 0.29) is 11.5 Å². The van der Waals surface area contributed by atoms with Gasteiger partial charge in [-0.1, -0.05) is 0 Å². The summed E-state index contributed by atoms with van der Waals surface area (Å²) in [5.74, 6) is -0.200. The molecule has 6 nitrogen and oxygen atoms in total. The van der Waals surface area contributed by atoms with Crippen LogP contribution >= 0.6 is 0 Å². The Balaban J connectivity index is 2.51. The van der Waals surface area contributed by atoms with Gasteiger partial charge in [-0.15, -0.1) is 0 Å². The quantitative estimate of drug-likeness (QED) is 0.470. The monoisotopic (exact) mass is 237 g/mol. The average molecular weight is 237 g/mol. The molecule has 0 unspecified atom stereocenters. The minimum Gasteiger partial charge on any atom is -0.393 e. The molecule has 0 atom stereocenters. The van der Waals surface area contributed by atoms with E-state index in [1.807, 2.05) is 6.07 Å². The molecular formula is C11H19N5O. The van der Waals surface area contributed by atoms with Gasteiger partial charge in [-0.3, -0.25) is 9.69 Å². The molecule has 1 aliphatic heterocycles. The molecule has 0 aliphatic carbocycles. The summed E-state index contributed by atoms with van der Waals surface area (Å²) < 4.78 is 0. The maximum atomic E-state index is 11.9. The molecule has 1 rings (SSSR count). The predicted octanol–water partition coefficient (Wildman–Crippen LogP) is -1.28. The molecule has 0 aromatic rings. The Bertz CT molecular complexity index is 325. The molecule has 3 N–H and O–H groups in total. The maximum absolute atomic E-state index is 11.9. The highest BCUT2D eigenvalue weighted by atomic mass is 16.2. The number of amides is 1. The molecule has 1 heterocycles. The van der Waals surface area contributed by atoms with Crippen LogP contribution in [-0.4, -0.2) is 62.0 Å². The standard InChI is InChI=1S/C11H19N5O/c1-14-9-10(8-13)11(17)16-6-4-15(3-2-12)5-7-16/h9,14H,2-7,12H2,1H3/b10-9-. The number of nitrogens with zero attached hydrogens (tertiary/aromatic N) is 3. The van der Waals surface area contributed by atoms with E-state index < -0.39 is 0 Å². The topological polar surface area (TPSA) is 85.4 Å². The number of nitrogens with one attached hydrogen (secondary N) is 1. The summed E-state index contributed by atoms with van der Waals surface area (Å²) in [5.41, 5.74) is 5.63. The number of carbonyl (C=O) groups excluding carboxylic acids is 1. The van der Waals surface area contributed by atoms with Crippen LogP contribution < -0.4 is 11.1 Å². The second-order valence-corrected chi connectivity index (χ2v) is 3.88. The smallest absolute Gasteiger partial charge is 0.266 e. The molecule has 0 bridgehead atoms. The number of nitrogens with two attached hydrogens (primary N) is 1. The van der Waals surface area contributed by atoms with Crippen molar-refractivity contribution in [3.8, 4) is 6.07 Å². The van der Waals surface area contributed by atoms with E-state index in [2.05, 4.69) is 10.2 Å². The van der Waals surface area contributed by atoms with Crippen molar-refractivity contribution >= 4 is 5.91 Å². The van der Waals surface area contributed by atoms with E-state index in [1.54, 1.807) is 11.9 Å². The Morgan fingerprint density at radius 3 is 2.59 bits per heavy atom. The lowest BCUT2D eigenvalue weighted by Gasteiger charge is -2.34. The highest BCUT2D eigenvalue weighted by molar-refractivity contribution is 5.97. The largest absolute Gasteiger partial charge is 0.393 e. The van der Waals surface area contributed by atoms with Crippen molar-refractivity contribution in [2.24, 2.45) is 5.73 Å². The van der Waals surface area contributed by atoms with Crippen LogP contribution in [0.2, 0.25) is 0 Å². The summed E-state index contributed by atoms with van der Waals surface area (Å²) in [4.78, 5) is 15.9. The van der Waals surface area contributed by atoms with Gasteiger partial charge in [0.2, 0.25) is 0 Å². The van der Waals surface area contributed by atoms with Crippen LogP contribution in [0.1, 0.15) is 0 Å². The first-order chi connectivity index (χ1) is 8.22. The van der Waals surface area contributed by atoms with Crippen LogP contribution in [0.15, 0.2) is 11.8 Å². The summed E-state index contributed by atoms with van der Waals surface area (Å²) in [6, 6.07) is 1.91. The van der Waals surface area contributed by atoms with E-state index >= 15 is 0 Å². The van der Waals surface area contributed by atoms with Crippen LogP contribution in [0.25, 0.3) is 0 Å². The first-order valence-corrected chi connectivity index (χ1v) is 5.72. The van der Waals surface area contributed by atoms with Crippen LogP contribution in [-0.2, 0) is 4.79 Å². The summed E-state index contributed by atoms with van der Waals surface area (Å²) in [6.07, 6.45) is 1.44. The van der Waals surface area contributed by atoms with Gasteiger partial charge in [0.1, 0.15) is 11.6 Å². The number of hydrogen-bond acceptors (Lipinski definition) is 5. The second-order valence-electron chi connectivity index (χ2n) is 3.88. The van der Waals surface area contributed by atoms with Crippen molar-refractivity contribution in [3.05, 3.63) is 11.8 Å². The van der Waals surface area contributed by atoms with Crippen molar-refractivity contribution < 1.29 is 4.79 Å². The Labute approximate surface area is 102 Å². The van der Waals surface area contributed by atoms with E-state index in [9.17, 15) is 4.79 Å². The third-order valence-electron chi connectivity index (χ3n) is 2.74. The maximum Gasteiger partial charge on any atom is 0.266 e. The van der Waals surface area contributed by atoms with Crippen LogP contribution in [0.5, 0.6) is 0 Å². The van der Waals surface area contributed by atoms with Crippen LogP contribution in [0.4, 0.5) is 0 Å². The third kappa shape index (κ3) is 3.73. The van der Waals surface area contributed by atoms with Gasteiger partial charge in [0.05, 0.1) is 0 Å². The fourth-order valence-corrected chi connectivity index (χ4v) is 1.81. The van der Waals surface area contributed by atoms with Gasteiger partial charge in [-0.25, -0.2) is 0 Å². The van der Waals surface area contributed by atoms with Gasteiger partial charge in [0, 0.05) is 52.5 Å². The number of carbonyl (C=O) groups is 1. The highest BCUT2D eigenvalue weighted by Gasteiger charge is 2.22. The van der Waals surface area contributed by atoms with Crippen molar-refractivity contribution in [3.63, 3.8) is 0 Å². The first-order valence-electron chi connectivity index (χ1n) is 5.72. The van der Waals surface area contributed by atoms with Gasteiger partial charge >= 0.3 is 0 Å². The molecule has 0 radical (unpaired) electrons. The van der Waals surface area contributed by atoms with Gasteiger partial charge < -0.3 is 16.0 Å². The molecule has 0 spiro atoms. The molecule has 0 aromatic heterocycles. The molecular weight excluding hydrogens is 218 g/mol. The molecule has 1 fully saturated rings. The fraction of sp³-hybridized carbons (Fsp3) is 0.636. The summed E-state index contributed by atoms with van der Waals surface area (Å²) in [5, 5.41) is 11.6. The summed E-state index contributed by atoms with van der Waals surface area (Å²) >= 11 is 0. The zero-order valence-corrected chi connectivity index (χ0v) is 10.1. The zero-order chi connectivity index (χ0) is 12.7. The molecule has 1 aliphatic rings. The Hall–Kier alpha value is -1.58. The number of hydrogen-bond donors (Lipinski definition) is 2. The number of rotatable bonds is 4. The lowest BCUT2D eigenvalue weighted by molar-refractivity contribution is -0.128. The highest BCUT2D eigenvalue weighted by Crippen LogP contribution is 2.06. The van der Waals surface area contributed by atoms with Crippen LogP contribution in [0, 0.1) is 11.3 Å². The second kappa shape index (κ2) is 6.89. The van der Waals surface area contributed by atoms with Crippen molar-refractivity contribution in [1.82, 2.24) is 15.1 Å². The molecule has 17 heavy (non-hydrogen) atoms. The first kappa shape index (κ1) is 13.5. The molecule has 1 saturated heterocycles. The van der Waals surface area contributed by atoms with E-state index in [4.69, 9.17) is 11.0 Å². The lowest BCUT2D eigenvalue weighted by atomic mass is 10.2. The average Bonchev–Trinajstić information content (AvgIpc) is 2.36. The minimum absolute atomic E-state index is 0.153. The van der Waals surface area contributed by atoms with Crippen molar-refractivity contribution in [1.29, 1.82) is 5.26 Å². The van der Waals surface area contributed by atoms with Gasteiger partial charge in [0.25, 0.3) is 5.91 Å². The Kier molecular flexibility index (Phi) is 5.46. The van der Waals surface area contributed by atoms with Gasteiger partial charge in [0.15, 0.2) is 0 Å². The van der Waals surface area contributed by atoms with Gasteiger partial charge in [-0.2, -0.15) is 5.26 Å². The molecule has 0 aromatic carbocycles. The van der Waals surface area contributed by atoms with Gasteiger partial charge in [-0.05, 0) is 0 Å².